The van der Waals surface area contributed by atoms with Crippen molar-refractivity contribution in [2.24, 2.45) is 5.73 Å². The monoisotopic (exact) mass is 610 g/mol. The number of rotatable bonds is 6. The van der Waals surface area contributed by atoms with Crippen LogP contribution in [0.5, 0.6) is 0 Å². The molecule has 11 heteroatoms. The van der Waals surface area contributed by atoms with Crippen molar-refractivity contribution in [2.45, 2.75) is 38.8 Å². The summed E-state index contributed by atoms with van der Waals surface area (Å²) in [6.07, 6.45) is 5.80. The van der Waals surface area contributed by atoms with E-state index in [-0.39, 0.29) is 29.7 Å². The molecule has 1 aliphatic heterocycles. The van der Waals surface area contributed by atoms with Gasteiger partial charge in [-0.05, 0) is 54.5 Å². The minimum atomic E-state index is -0.631. The normalized spacial score (nSPS) is 13.9. The van der Waals surface area contributed by atoms with Gasteiger partial charge in [-0.25, -0.2) is 9.97 Å². The van der Waals surface area contributed by atoms with Crippen molar-refractivity contribution >= 4 is 28.5 Å². The van der Waals surface area contributed by atoms with Gasteiger partial charge in [0.1, 0.15) is 22.9 Å². The van der Waals surface area contributed by atoms with Crippen molar-refractivity contribution in [3.63, 3.8) is 0 Å². The summed E-state index contributed by atoms with van der Waals surface area (Å²) in [7, 11) is 0. The molecular formula is C35H30N8O3. The number of carbonyl (C=O) groups excluding carboxylic acids is 3. The molecule has 3 N–H and O–H groups in total. The van der Waals surface area contributed by atoms with Gasteiger partial charge in [-0.2, -0.15) is 0 Å². The van der Waals surface area contributed by atoms with Gasteiger partial charge in [-0.15, -0.1) is 0 Å². The maximum Gasteiger partial charge on any atom is 0.270 e. The van der Waals surface area contributed by atoms with Crippen LogP contribution < -0.4 is 11.1 Å². The zero-order valence-corrected chi connectivity index (χ0v) is 25.2. The van der Waals surface area contributed by atoms with E-state index in [9.17, 15) is 14.4 Å². The molecule has 11 nitrogen and oxygen atoms in total. The molecule has 5 aromatic rings. The average Bonchev–Trinajstić information content (AvgIpc) is 3.86. The van der Waals surface area contributed by atoms with E-state index in [4.69, 9.17) is 15.7 Å². The smallest absolute Gasteiger partial charge is 0.270 e. The summed E-state index contributed by atoms with van der Waals surface area (Å²) >= 11 is 0. The van der Waals surface area contributed by atoms with Crippen LogP contribution in [0.2, 0.25) is 0 Å². The van der Waals surface area contributed by atoms with Crippen LogP contribution in [-0.4, -0.2) is 60.2 Å². The van der Waals surface area contributed by atoms with Crippen molar-refractivity contribution in [1.82, 2.24) is 34.7 Å². The highest BCUT2D eigenvalue weighted by molar-refractivity contribution is 5.97. The number of nitrogens with zero attached hydrogens (tertiary/aromatic N) is 6. The number of primary amides is 1. The molecule has 2 aliphatic rings. The lowest BCUT2D eigenvalue weighted by molar-refractivity contribution is -0.130. The molecule has 3 amide bonds. The van der Waals surface area contributed by atoms with Crippen LogP contribution in [0.25, 0.3) is 33.3 Å². The third-order valence-corrected chi connectivity index (χ3v) is 8.29. The molecule has 1 saturated carbocycles. The van der Waals surface area contributed by atoms with E-state index in [1.54, 1.807) is 31.3 Å². The number of benzene rings is 1. The highest BCUT2D eigenvalue weighted by atomic mass is 16.2. The summed E-state index contributed by atoms with van der Waals surface area (Å²) in [6, 6.07) is 16.4. The molecule has 0 radical (unpaired) electrons. The standard InChI is InChI=1S/C35H30N8O3/c1-21(44)42-15-16-43-31(20-42)32(41-34(43)22-10-11-22)26-8-2-5-23-17-30(39-19-27(23)26)24-12-13-29(38-18-24)35(46)37-14-4-7-25-6-3-9-28(40-25)33(36)45/h2-3,5-6,8-9,12-13,17-19,22H,10-11,14-16,20H2,1H3,(H2,36,45)(H,37,46). The maximum absolute atomic E-state index is 12.6. The number of aromatic nitrogens is 5. The fourth-order valence-electron chi connectivity index (χ4n) is 5.74. The van der Waals surface area contributed by atoms with Crippen molar-refractivity contribution in [3.8, 4) is 34.4 Å². The van der Waals surface area contributed by atoms with Crippen LogP contribution in [0.15, 0.2) is 67.0 Å². The van der Waals surface area contributed by atoms with Crippen molar-refractivity contribution in [2.75, 3.05) is 13.1 Å². The summed E-state index contributed by atoms with van der Waals surface area (Å²) in [5.41, 5.74) is 10.5. The Morgan fingerprint density at radius 1 is 0.978 bits per heavy atom. The molecule has 0 saturated heterocycles. The lowest BCUT2D eigenvalue weighted by Gasteiger charge is -2.28. The molecule has 1 aliphatic carbocycles. The zero-order valence-electron chi connectivity index (χ0n) is 25.2. The van der Waals surface area contributed by atoms with E-state index in [1.165, 1.54) is 6.07 Å². The van der Waals surface area contributed by atoms with Crippen LogP contribution >= 0.6 is 0 Å². The maximum atomic E-state index is 12.6. The highest BCUT2D eigenvalue weighted by Gasteiger charge is 2.34. The number of carbonyl (C=O) groups is 3. The molecular weight excluding hydrogens is 580 g/mol. The third kappa shape index (κ3) is 5.68. The molecule has 1 fully saturated rings. The molecule has 4 aromatic heterocycles. The van der Waals surface area contributed by atoms with Crippen molar-refractivity contribution < 1.29 is 14.4 Å². The van der Waals surface area contributed by atoms with E-state index in [0.29, 0.717) is 24.7 Å². The number of nitrogens with one attached hydrogen (secondary N) is 1. The Morgan fingerprint density at radius 3 is 2.59 bits per heavy atom. The number of hydrogen-bond donors (Lipinski definition) is 2. The third-order valence-electron chi connectivity index (χ3n) is 8.29. The van der Waals surface area contributed by atoms with Crippen LogP contribution in [0.3, 0.4) is 0 Å². The molecule has 0 bridgehead atoms. The molecule has 1 aromatic carbocycles. The van der Waals surface area contributed by atoms with Crippen LogP contribution in [-0.2, 0) is 17.9 Å². The second-order valence-corrected chi connectivity index (χ2v) is 11.4. The predicted molar refractivity (Wildman–Crippen MR) is 171 cm³/mol. The SMILES string of the molecule is CC(=O)N1CCn2c(C3CC3)nc(-c3cccc4cc(-c5ccc(C(=O)NCC#Cc6cccc(C(N)=O)n6)nc5)ncc34)c2C1. The van der Waals surface area contributed by atoms with Gasteiger partial charge >= 0.3 is 0 Å². The number of fused-ring (bicyclic) bond motifs is 2. The number of pyridine rings is 3. The van der Waals surface area contributed by atoms with Gasteiger partial charge in [0.2, 0.25) is 5.91 Å². The molecule has 5 heterocycles. The number of nitrogens with two attached hydrogens (primary N) is 1. The molecule has 228 valence electrons. The minimum absolute atomic E-state index is 0.0726. The van der Waals surface area contributed by atoms with Crippen LogP contribution in [0.1, 0.15) is 63.9 Å². The second-order valence-electron chi connectivity index (χ2n) is 11.4. The van der Waals surface area contributed by atoms with Crippen molar-refractivity contribution in [3.05, 3.63) is 95.6 Å². The first-order chi connectivity index (χ1) is 22.4. The quantitative estimate of drug-likeness (QED) is 0.279. The Morgan fingerprint density at radius 2 is 1.83 bits per heavy atom. The minimum Gasteiger partial charge on any atom is -0.364 e. The van der Waals surface area contributed by atoms with Gasteiger partial charge < -0.3 is 20.5 Å². The van der Waals surface area contributed by atoms with Gasteiger partial charge in [-0.3, -0.25) is 24.4 Å². The Bertz CT molecular complexity index is 2090. The molecule has 46 heavy (non-hydrogen) atoms. The van der Waals surface area contributed by atoms with Gasteiger partial charge in [0.05, 0.1) is 30.2 Å². The van der Waals surface area contributed by atoms with E-state index >= 15 is 0 Å². The van der Waals surface area contributed by atoms with Gasteiger partial charge in [0.15, 0.2) is 0 Å². The van der Waals surface area contributed by atoms with Gasteiger partial charge in [-0.1, -0.05) is 30.2 Å². The molecule has 7 rings (SSSR count). The lowest BCUT2D eigenvalue weighted by Crippen LogP contribution is -2.37. The fraction of sp³-hybridized carbons (Fsp3) is 0.229. The fourth-order valence-corrected chi connectivity index (χ4v) is 5.74. The van der Waals surface area contributed by atoms with Gasteiger partial charge in [0.25, 0.3) is 11.8 Å². The van der Waals surface area contributed by atoms with E-state index in [2.05, 4.69) is 37.8 Å². The molecule has 0 spiro atoms. The summed E-state index contributed by atoms with van der Waals surface area (Å²) in [6.45, 7) is 3.71. The first kappa shape index (κ1) is 28.9. The van der Waals surface area contributed by atoms with Crippen LogP contribution in [0.4, 0.5) is 0 Å². The molecule has 0 atom stereocenters. The average molecular weight is 611 g/mol. The first-order valence-electron chi connectivity index (χ1n) is 15.1. The second kappa shape index (κ2) is 11.9. The van der Waals surface area contributed by atoms with E-state index in [0.717, 1.165) is 64.2 Å². The Balaban J connectivity index is 1.09. The van der Waals surface area contributed by atoms with E-state index < -0.39 is 5.91 Å². The number of hydrogen-bond acceptors (Lipinski definition) is 7. The largest absolute Gasteiger partial charge is 0.364 e. The Labute approximate surface area is 264 Å². The number of amides is 3. The molecule has 0 unspecified atom stereocenters. The zero-order chi connectivity index (χ0) is 31.8. The summed E-state index contributed by atoms with van der Waals surface area (Å²) in [5, 5.41) is 4.70. The van der Waals surface area contributed by atoms with E-state index in [1.807, 2.05) is 35.4 Å². The highest BCUT2D eigenvalue weighted by Crippen LogP contribution is 2.43. The lowest BCUT2D eigenvalue weighted by atomic mass is 10.0. The predicted octanol–water partition coefficient (Wildman–Crippen LogP) is 3.68. The van der Waals surface area contributed by atoms with Crippen molar-refractivity contribution in [1.29, 1.82) is 0 Å². The first-order valence-corrected chi connectivity index (χ1v) is 15.1. The Hall–Kier alpha value is -5.89. The summed E-state index contributed by atoms with van der Waals surface area (Å²) in [5.74, 6) is 6.31. The summed E-state index contributed by atoms with van der Waals surface area (Å²) in [4.78, 5) is 56.4. The van der Waals surface area contributed by atoms with Crippen LogP contribution in [0, 0.1) is 11.8 Å². The topological polar surface area (TPSA) is 149 Å². The van der Waals surface area contributed by atoms with Gasteiger partial charge in [0, 0.05) is 54.8 Å². The number of imidazole rings is 1. The summed E-state index contributed by atoms with van der Waals surface area (Å²) < 4.78 is 2.32. The Kier molecular flexibility index (Phi) is 7.46.